The van der Waals surface area contributed by atoms with Gasteiger partial charge in [-0.3, -0.25) is 48.2 Å². The van der Waals surface area contributed by atoms with E-state index in [1.54, 1.807) is 31.0 Å². The number of aromatic nitrogens is 16. The molecule has 2 aliphatic carbocycles. The second kappa shape index (κ2) is 37.8. The van der Waals surface area contributed by atoms with Gasteiger partial charge in [0.15, 0.2) is 23.9 Å². The monoisotopic (exact) mass is 1750 g/mol. The number of pyridine rings is 5. The molecule has 10 aromatic heterocycles. The summed E-state index contributed by atoms with van der Waals surface area (Å²) in [5.41, 5.74) is 31.7. The zero-order chi connectivity index (χ0) is 90.1. The van der Waals surface area contributed by atoms with Gasteiger partial charge >= 0.3 is 0 Å². The maximum Gasteiger partial charge on any atom is 0.231 e. The maximum atomic E-state index is 11.2. The number of H-pyrrole nitrogens is 1. The number of allylic oxidation sites excluding steroid dienone is 4. The van der Waals surface area contributed by atoms with E-state index in [1.807, 2.05) is 184 Å². The highest BCUT2D eigenvalue weighted by Crippen LogP contribution is 2.39. The van der Waals surface area contributed by atoms with Gasteiger partial charge in [0.1, 0.15) is 36.8 Å². The molecular formula is C110H86N20O4. The minimum Gasteiger partial charge on any atom is -0.619 e. The van der Waals surface area contributed by atoms with Crippen molar-refractivity contribution in [3.05, 3.63) is 436 Å². The predicted octanol–water partition coefficient (Wildman–Crippen LogP) is 21.4. The van der Waals surface area contributed by atoms with Gasteiger partial charge in [0, 0.05) is 108 Å². The average molecular weight is 1750 g/mol. The summed E-state index contributed by atoms with van der Waals surface area (Å²) in [6.07, 6.45) is 46.7. The van der Waals surface area contributed by atoms with Crippen molar-refractivity contribution in [3.8, 4) is 95.8 Å². The number of aromatic amines is 1. The number of imidazole rings is 4. The smallest absolute Gasteiger partial charge is 0.231 e. The van der Waals surface area contributed by atoms with Crippen LogP contribution in [0, 0.1) is 19.1 Å². The molecule has 4 aliphatic heterocycles. The molecule has 26 rings (SSSR count). The Bertz CT molecular complexity index is 7570. The standard InChI is InChI=1S/C20H14N6.C20H15N3O.C19H13N3O2.C19H15N3O.C18H15N3.C14H14N2/c1-4-17(5-2-15(1)19-12-23-25-24-19)26-13-22-18-6-3-16(11-20(18)26)14-7-9-21-10-8-14;1-3-18-19(12-15(1)14-5-8-21-9-6-14)23(13-22-18)17-2-4-20-16(11-17)7-10-24-20;1-3-16-17(9-14(1)13-5-7-20-8-6-13)22(11-21-16)15-2-4-18-19(10-15)24-12-23-18;1-14-2-5-17(6-3-14)22-13-20-18-7-4-16(12-19(18)22)15-8-10-21(23)11-9-15;1-2-4-16(5-3-1)21-13-20-17-7-6-15(12-18(17)21)14-8-10-19-11-9-14;1-11-6-8-12(9-7-11)16-10-15-13-4-2-3-5-14(13)16/h1-13H,(H,23,24,25);1-6,8-9,11-13H,7,10H2;1-11H,12H2;2-13H,1H3;1-13,17-18H;2-10,13-14H,1H3. The Kier molecular flexibility index (Phi) is 23.4. The van der Waals surface area contributed by atoms with Gasteiger partial charge in [0.05, 0.1) is 99.5 Å². The van der Waals surface area contributed by atoms with Crippen molar-refractivity contribution >= 4 is 73.8 Å². The first-order valence-corrected chi connectivity index (χ1v) is 44.0. The lowest BCUT2D eigenvalue weighted by atomic mass is 9.94. The minimum absolute atomic E-state index is 0.204. The zero-order valence-electron chi connectivity index (χ0n) is 72.9. The van der Waals surface area contributed by atoms with Crippen LogP contribution < -0.4 is 28.7 Å². The molecule has 0 saturated carbocycles. The van der Waals surface area contributed by atoms with Gasteiger partial charge in [-0.25, -0.2) is 19.9 Å². The minimum atomic E-state index is 0.204. The molecule has 650 valence electrons. The molecule has 1 N–H and O–H groups in total. The second-order valence-corrected chi connectivity index (χ2v) is 32.6. The number of aryl methyl sites for hydroxylation is 2. The molecule has 4 atom stereocenters. The molecule has 6 aliphatic rings. The molecule has 0 fully saturated rings. The number of nitrogens with zero attached hydrogens (tertiary/aromatic N) is 19. The number of benzene rings is 10. The van der Waals surface area contributed by atoms with Crippen LogP contribution in [-0.4, -0.2) is 124 Å². The van der Waals surface area contributed by atoms with Crippen LogP contribution in [0.4, 0.5) is 11.4 Å². The normalized spacial score (nSPS) is 15.4. The van der Waals surface area contributed by atoms with Crippen LogP contribution >= 0.6 is 0 Å². The molecule has 14 heterocycles. The Balaban J connectivity index is 0.0000000970. The van der Waals surface area contributed by atoms with Gasteiger partial charge in [0.2, 0.25) is 6.79 Å². The summed E-state index contributed by atoms with van der Waals surface area (Å²) >= 11 is 0. The number of anilines is 2. The Morgan fingerprint density at radius 2 is 0.791 bits per heavy atom. The molecule has 24 heteroatoms. The number of aliphatic imine (C=N–C) groups is 2. The first-order valence-electron chi connectivity index (χ1n) is 44.0. The number of rotatable bonds is 12. The first-order chi connectivity index (χ1) is 66.1. The number of para-hydroxylation sites is 1. The van der Waals surface area contributed by atoms with Crippen molar-refractivity contribution in [1.29, 1.82) is 0 Å². The SMILES string of the molecule is C1=CC2N=CN(c3ccccc3)C2C=C1c1ccncc1.Cc1ccc(-n2cnc3ccc(-c4cc[n+]([O-])cc4)cc32)cc1.Cc1ccc(N2C=NC3C=CC=CC32)cc1.c1cc(-c2ccc3ncn(-c4ccc(-c5cn[nH]n5)cc4)c3c2)ccn1.c1cc(-c2ccc3ncn(-c4ccc5c(c4)CCO5)c3c2)ccn1.c1cc(-c2ccc3ncn(-c4ccc5c(c4)OCO5)c3c2)ccn1. The summed E-state index contributed by atoms with van der Waals surface area (Å²) in [7, 11) is 0. The third kappa shape index (κ3) is 17.9. The molecule has 24 nitrogen and oxygen atoms in total. The third-order valence-electron chi connectivity index (χ3n) is 24.1. The van der Waals surface area contributed by atoms with E-state index in [-0.39, 0.29) is 24.9 Å². The molecule has 0 spiro atoms. The average Bonchev–Trinajstić information content (AvgIpc) is 1.63. The molecule has 0 amide bonds. The van der Waals surface area contributed by atoms with Crippen molar-refractivity contribution in [2.75, 3.05) is 23.2 Å². The van der Waals surface area contributed by atoms with Crippen molar-refractivity contribution in [2.45, 2.75) is 44.4 Å². The molecule has 0 bridgehead atoms. The van der Waals surface area contributed by atoms with E-state index in [4.69, 9.17) is 14.2 Å². The maximum absolute atomic E-state index is 11.2. The zero-order valence-corrected chi connectivity index (χ0v) is 72.9. The largest absolute Gasteiger partial charge is 0.619 e. The number of hydrogen-bond acceptors (Lipinski definition) is 18. The fraction of sp³-hybridized carbons (Fsp3) is 0.0818. The summed E-state index contributed by atoms with van der Waals surface area (Å²) in [5, 5.41) is 21.8. The number of ether oxygens (including phenoxy) is 3. The van der Waals surface area contributed by atoms with Crippen LogP contribution in [0.2, 0.25) is 0 Å². The predicted molar refractivity (Wildman–Crippen MR) is 528 cm³/mol. The van der Waals surface area contributed by atoms with Crippen LogP contribution in [0.1, 0.15) is 22.3 Å². The van der Waals surface area contributed by atoms with E-state index < -0.39 is 0 Å². The highest BCUT2D eigenvalue weighted by atomic mass is 16.7. The molecule has 0 saturated heterocycles. The summed E-state index contributed by atoms with van der Waals surface area (Å²) in [6, 6.07) is 93.7. The van der Waals surface area contributed by atoms with Gasteiger partial charge in [-0.15, -0.1) is 0 Å². The van der Waals surface area contributed by atoms with Gasteiger partial charge < -0.3 is 29.2 Å². The van der Waals surface area contributed by atoms with E-state index in [1.165, 1.54) is 51.6 Å². The van der Waals surface area contributed by atoms with Gasteiger partial charge in [0.25, 0.3) is 0 Å². The first kappa shape index (κ1) is 83.0. The summed E-state index contributed by atoms with van der Waals surface area (Å²) in [4.78, 5) is 47.9. The summed E-state index contributed by atoms with van der Waals surface area (Å²) in [5.74, 6) is 2.54. The Hall–Kier alpha value is -17.9. The van der Waals surface area contributed by atoms with E-state index in [2.05, 4.69) is 301 Å². The molecule has 4 unspecified atom stereocenters. The Labute approximate surface area is 771 Å². The second-order valence-electron chi connectivity index (χ2n) is 32.6. The third-order valence-corrected chi connectivity index (χ3v) is 24.1. The van der Waals surface area contributed by atoms with Gasteiger partial charge in [-0.1, -0.05) is 133 Å². The quantitative estimate of drug-likeness (QED) is 0.0881. The lowest BCUT2D eigenvalue weighted by Gasteiger charge is -2.27. The van der Waals surface area contributed by atoms with Crippen molar-refractivity contribution in [3.63, 3.8) is 0 Å². The van der Waals surface area contributed by atoms with E-state index >= 15 is 0 Å². The van der Waals surface area contributed by atoms with Crippen molar-refractivity contribution in [2.24, 2.45) is 9.98 Å². The summed E-state index contributed by atoms with van der Waals surface area (Å²) < 4.78 is 25.6. The van der Waals surface area contributed by atoms with Crippen LogP contribution in [0.15, 0.2) is 419 Å². The molecule has 10 aromatic carbocycles. The Morgan fingerprint density at radius 3 is 1.31 bits per heavy atom. The van der Waals surface area contributed by atoms with Crippen LogP contribution in [0.3, 0.4) is 0 Å². The molecule has 0 radical (unpaired) electrons. The van der Waals surface area contributed by atoms with Crippen LogP contribution in [-0.2, 0) is 6.42 Å². The number of hydrogen-bond donors (Lipinski definition) is 1. The van der Waals surface area contributed by atoms with E-state index in [0.717, 1.165) is 158 Å². The van der Waals surface area contributed by atoms with Crippen LogP contribution in [0.5, 0.6) is 17.2 Å². The van der Waals surface area contributed by atoms with Crippen molar-refractivity contribution in [1.82, 2.24) is 73.6 Å². The van der Waals surface area contributed by atoms with Crippen molar-refractivity contribution < 1.29 is 18.9 Å². The van der Waals surface area contributed by atoms with Gasteiger partial charge in [-0.2, -0.15) is 20.1 Å². The van der Waals surface area contributed by atoms with Crippen LogP contribution in [0.25, 0.3) is 128 Å². The fourth-order valence-electron chi connectivity index (χ4n) is 17.0. The highest BCUT2D eigenvalue weighted by Gasteiger charge is 2.32. The highest BCUT2D eigenvalue weighted by molar-refractivity contribution is 5.90. The van der Waals surface area contributed by atoms with E-state index in [0.29, 0.717) is 6.04 Å². The van der Waals surface area contributed by atoms with Gasteiger partial charge in [-0.05, 0) is 251 Å². The summed E-state index contributed by atoms with van der Waals surface area (Å²) in [6.45, 7) is 5.23. The number of fused-ring (bicyclic) bond motifs is 8. The Morgan fingerprint density at radius 1 is 0.366 bits per heavy atom. The topological polar surface area (TPSA) is 250 Å². The lowest BCUT2D eigenvalue weighted by Crippen LogP contribution is -2.35. The molecule has 134 heavy (non-hydrogen) atoms. The molecule has 20 aromatic rings. The number of nitrogens with one attached hydrogen (secondary N) is 1. The molecular weight excluding hydrogens is 1670 g/mol. The van der Waals surface area contributed by atoms with E-state index in [9.17, 15) is 5.21 Å². The lowest BCUT2D eigenvalue weighted by molar-refractivity contribution is -0.605. The fourth-order valence-corrected chi connectivity index (χ4v) is 17.0.